The fourth-order valence-corrected chi connectivity index (χ4v) is 3.52. The van der Waals surface area contributed by atoms with Gasteiger partial charge in [0.2, 0.25) is 5.91 Å². The number of hydrogen-bond acceptors (Lipinski definition) is 6. The van der Waals surface area contributed by atoms with Gasteiger partial charge in [0, 0.05) is 13.2 Å². The van der Waals surface area contributed by atoms with Crippen LogP contribution >= 0.6 is 11.8 Å². The molecule has 8 heteroatoms. The Morgan fingerprint density at radius 3 is 2.75 bits per heavy atom. The smallest absolute Gasteiger partial charge is 0.262 e. The molecular weight excluding hydrogens is 376 g/mol. The lowest BCUT2D eigenvalue weighted by Gasteiger charge is -2.13. The highest BCUT2D eigenvalue weighted by Gasteiger charge is 2.14. The van der Waals surface area contributed by atoms with Crippen LogP contribution in [0.2, 0.25) is 0 Å². The maximum atomic E-state index is 12.8. The van der Waals surface area contributed by atoms with Crippen LogP contribution in [0.15, 0.2) is 58.5 Å². The number of fused-ring (bicyclic) bond motifs is 1. The summed E-state index contributed by atoms with van der Waals surface area (Å²) >= 11 is 1.14. The summed E-state index contributed by atoms with van der Waals surface area (Å²) in [5.41, 5.74) is 1.19. The number of nitrogens with one attached hydrogen (secondary N) is 1. The van der Waals surface area contributed by atoms with Gasteiger partial charge in [0.1, 0.15) is 6.07 Å². The third kappa shape index (κ3) is 4.39. The van der Waals surface area contributed by atoms with E-state index in [4.69, 9.17) is 10.4 Å². The molecule has 2 N–H and O–H groups in total. The third-order valence-corrected chi connectivity index (χ3v) is 5.00. The van der Waals surface area contributed by atoms with E-state index < -0.39 is 0 Å². The fraction of sp³-hybridized carbons (Fsp3) is 0.200. The maximum Gasteiger partial charge on any atom is 0.262 e. The van der Waals surface area contributed by atoms with Crippen molar-refractivity contribution in [3.8, 4) is 6.07 Å². The van der Waals surface area contributed by atoms with E-state index in [-0.39, 0.29) is 23.8 Å². The lowest BCUT2D eigenvalue weighted by atomic mass is 10.2. The molecule has 0 aliphatic carbocycles. The quantitative estimate of drug-likeness (QED) is 0.471. The van der Waals surface area contributed by atoms with Gasteiger partial charge in [-0.25, -0.2) is 4.98 Å². The molecule has 1 heterocycles. The second kappa shape index (κ2) is 9.17. The van der Waals surface area contributed by atoms with Crippen molar-refractivity contribution in [3.63, 3.8) is 0 Å². The van der Waals surface area contributed by atoms with E-state index in [1.165, 1.54) is 4.57 Å². The minimum atomic E-state index is -0.302. The summed E-state index contributed by atoms with van der Waals surface area (Å²) in [7, 11) is 0. The number of nitrogens with zero attached hydrogens (tertiary/aromatic N) is 3. The molecule has 0 radical (unpaired) electrons. The van der Waals surface area contributed by atoms with Gasteiger partial charge in [-0.3, -0.25) is 14.2 Å². The maximum absolute atomic E-state index is 12.8. The molecule has 142 valence electrons. The zero-order valence-electron chi connectivity index (χ0n) is 15.0. The highest BCUT2D eigenvalue weighted by Crippen LogP contribution is 2.19. The van der Waals surface area contributed by atoms with E-state index >= 15 is 0 Å². The summed E-state index contributed by atoms with van der Waals surface area (Å²) in [6.07, 6.45) is 0.412. The van der Waals surface area contributed by atoms with Crippen molar-refractivity contribution >= 4 is 34.3 Å². The van der Waals surface area contributed by atoms with Crippen molar-refractivity contribution in [2.75, 3.05) is 17.7 Å². The molecule has 0 saturated heterocycles. The predicted molar refractivity (Wildman–Crippen MR) is 108 cm³/mol. The van der Waals surface area contributed by atoms with Gasteiger partial charge in [0.05, 0.1) is 27.9 Å². The molecule has 1 aromatic heterocycles. The third-order valence-electron chi connectivity index (χ3n) is 4.02. The molecule has 0 spiro atoms. The van der Waals surface area contributed by atoms with E-state index in [1.54, 1.807) is 48.5 Å². The number of nitriles is 1. The Morgan fingerprint density at radius 2 is 1.96 bits per heavy atom. The number of hydrogen-bond donors (Lipinski definition) is 2. The number of rotatable bonds is 7. The van der Waals surface area contributed by atoms with E-state index in [9.17, 15) is 9.59 Å². The SMILES string of the molecule is N#Cc1ccccc1NC(=O)CSc1nc2ccccc2c(=O)n1CCCO. The topological polar surface area (TPSA) is 108 Å². The van der Waals surface area contributed by atoms with Gasteiger partial charge in [0.15, 0.2) is 5.16 Å². The Bertz CT molecular complexity index is 1100. The summed E-state index contributed by atoms with van der Waals surface area (Å²) in [5, 5.41) is 21.9. The minimum absolute atomic E-state index is 0.0314. The van der Waals surface area contributed by atoms with E-state index in [2.05, 4.69) is 10.3 Å². The molecule has 7 nitrogen and oxygen atoms in total. The number of thioether (sulfide) groups is 1. The molecule has 1 amide bonds. The number of aliphatic hydroxyl groups excluding tert-OH is 1. The number of amides is 1. The van der Waals surface area contributed by atoms with Crippen LogP contribution in [0, 0.1) is 11.3 Å². The number of aliphatic hydroxyl groups is 1. The first kappa shape index (κ1) is 19.6. The molecule has 3 aromatic rings. The molecule has 0 saturated carbocycles. The lowest BCUT2D eigenvalue weighted by Crippen LogP contribution is -2.25. The van der Waals surface area contributed by atoms with Gasteiger partial charge in [-0.15, -0.1) is 0 Å². The number of aromatic nitrogens is 2. The van der Waals surface area contributed by atoms with Gasteiger partial charge in [-0.05, 0) is 30.7 Å². The predicted octanol–water partition coefficient (Wildman–Crippen LogP) is 2.38. The normalized spacial score (nSPS) is 10.6. The largest absolute Gasteiger partial charge is 0.396 e. The number of benzene rings is 2. The van der Waals surface area contributed by atoms with Crippen LogP contribution in [-0.4, -0.2) is 32.9 Å². The Kier molecular flexibility index (Phi) is 6.42. The average Bonchev–Trinajstić information content (AvgIpc) is 2.72. The first-order valence-electron chi connectivity index (χ1n) is 8.66. The summed E-state index contributed by atoms with van der Waals surface area (Å²) < 4.78 is 1.49. The lowest BCUT2D eigenvalue weighted by molar-refractivity contribution is -0.113. The summed E-state index contributed by atoms with van der Waals surface area (Å²) in [5.74, 6) is -0.271. The first-order valence-corrected chi connectivity index (χ1v) is 9.65. The van der Waals surface area contributed by atoms with Crippen molar-refractivity contribution in [2.24, 2.45) is 0 Å². The minimum Gasteiger partial charge on any atom is -0.396 e. The van der Waals surface area contributed by atoms with E-state index in [0.717, 1.165) is 11.8 Å². The van der Waals surface area contributed by atoms with Crippen molar-refractivity contribution in [1.29, 1.82) is 5.26 Å². The molecule has 0 aliphatic rings. The van der Waals surface area contributed by atoms with Crippen LogP contribution in [0.25, 0.3) is 10.9 Å². The van der Waals surface area contributed by atoms with E-state index in [1.807, 2.05) is 6.07 Å². The fourth-order valence-electron chi connectivity index (χ4n) is 2.69. The van der Waals surface area contributed by atoms with Crippen molar-refractivity contribution in [3.05, 3.63) is 64.4 Å². The zero-order chi connectivity index (χ0) is 19.9. The first-order chi connectivity index (χ1) is 13.6. The van der Waals surface area contributed by atoms with Gasteiger partial charge in [-0.2, -0.15) is 5.26 Å². The van der Waals surface area contributed by atoms with Crippen LogP contribution in [0.3, 0.4) is 0 Å². The standard InChI is InChI=1S/C20H18N4O3S/c21-12-14-6-1-3-8-16(14)22-18(26)13-28-20-23-17-9-4-2-7-15(17)19(27)24(20)10-5-11-25/h1-4,6-9,25H,5,10-11,13H2,(H,22,26). The summed E-state index contributed by atoms with van der Waals surface area (Å²) in [6, 6.07) is 15.8. The van der Waals surface area contributed by atoms with Crippen molar-refractivity contribution in [1.82, 2.24) is 9.55 Å². The number of carbonyl (C=O) groups is 1. The highest BCUT2D eigenvalue weighted by atomic mass is 32.2. The van der Waals surface area contributed by atoms with Crippen LogP contribution in [-0.2, 0) is 11.3 Å². The summed E-state index contributed by atoms with van der Waals surface area (Å²) in [6.45, 7) is 0.267. The zero-order valence-corrected chi connectivity index (χ0v) is 15.8. The Hall–Kier alpha value is -3.15. The monoisotopic (exact) mass is 394 g/mol. The van der Waals surface area contributed by atoms with Crippen molar-refractivity contribution in [2.45, 2.75) is 18.1 Å². The molecule has 0 aliphatic heterocycles. The second-order valence-electron chi connectivity index (χ2n) is 5.94. The molecule has 3 rings (SSSR count). The Morgan fingerprint density at radius 1 is 1.21 bits per heavy atom. The molecule has 0 bridgehead atoms. The molecule has 28 heavy (non-hydrogen) atoms. The van der Waals surface area contributed by atoms with Crippen LogP contribution in [0.4, 0.5) is 5.69 Å². The molecule has 0 unspecified atom stereocenters. The number of para-hydroxylation sites is 2. The second-order valence-corrected chi connectivity index (χ2v) is 6.88. The Labute approximate surface area is 165 Å². The average molecular weight is 394 g/mol. The number of carbonyl (C=O) groups excluding carboxylic acids is 1. The molecular formula is C20H18N4O3S. The highest BCUT2D eigenvalue weighted by molar-refractivity contribution is 7.99. The van der Waals surface area contributed by atoms with E-state index in [0.29, 0.717) is 40.3 Å². The van der Waals surface area contributed by atoms with Crippen molar-refractivity contribution < 1.29 is 9.90 Å². The van der Waals surface area contributed by atoms with Gasteiger partial charge in [-0.1, -0.05) is 36.0 Å². The van der Waals surface area contributed by atoms with Crippen LogP contribution in [0.1, 0.15) is 12.0 Å². The Balaban J connectivity index is 1.82. The molecule has 0 fully saturated rings. The van der Waals surface area contributed by atoms with Gasteiger partial charge >= 0.3 is 0 Å². The van der Waals surface area contributed by atoms with Crippen LogP contribution < -0.4 is 10.9 Å². The summed E-state index contributed by atoms with van der Waals surface area (Å²) in [4.78, 5) is 29.6. The molecule has 2 aromatic carbocycles. The van der Waals surface area contributed by atoms with Gasteiger partial charge in [0.25, 0.3) is 5.56 Å². The van der Waals surface area contributed by atoms with Crippen LogP contribution in [0.5, 0.6) is 0 Å². The molecule has 0 atom stereocenters. The number of anilines is 1. The van der Waals surface area contributed by atoms with Gasteiger partial charge < -0.3 is 10.4 Å².